The lowest BCUT2D eigenvalue weighted by molar-refractivity contribution is 0.383. The van der Waals surface area contributed by atoms with Crippen LogP contribution in [0, 0.1) is 17.8 Å². The molecule has 0 aromatic rings. The maximum absolute atomic E-state index is 4.17. The fourth-order valence-electron chi connectivity index (χ4n) is 1.62. The first kappa shape index (κ1) is 8.51. The molecule has 0 saturated carbocycles. The molecule has 2 unspecified atom stereocenters. The zero-order valence-electron chi connectivity index (χ0n) is 7.62. The van der Waals surface area contributed by atoms with Crippen LogP contribution in [0.1, 0.15) is 27.2 Å². The summed E-state index contributed by atoms with van der Waals surface area (Å²) in [5.74, 6) is 2.09. The molecular formula is C10H17N. The molecule has 1 nitrogen and oxygen atoms in total. The summed E-state index contributed by atoms with van der Waals surface area (Å²) < 4.78 is 0. The zero-order chi connectivity index (χ0) is 8.27. The highest BCUT2D eigenvalue weighted by molar-refractivity contribution is 5.64. The Morgan fingerprint density at radius 1 is 1.45 bits per heavy atom. The van der Waals surface area contributed by atoms with Crippen LogP contribution in [0.4, 0.5) is 0 Å². The van der Waals surface area contributed by atoms with Crippen molar-refractivity contribution in [2.45, 2.75) is 27.2 Å². The lowest BCUT2D eigenvalue weighted by atomic mass is 9.82. The number of allylic oxidation sites excluding steroid dienone is 1. The van der Waals surface area contributed by atoms with Gasteiger partial charge in [-0.15, -0.1) is 0 Å². The van der Waals surface area contributed by atoms with Gasteiger partial charge in [-0.3, -0.25) is 4.99 Å². The van der Waals surface area contributed by atoms with E-state index in [0.717, 1.165) is 0 Å². The molecule has 0 aliphatic carbocycles. The lowest BCUT2D eigenvalue weighted by Crippen LogP contribution is -2.21. The summed E-state index contributed by atoms with van der Waals surface area (Å²) in [6, 6.07) is 0. The molecule has 0 aromatic heterocycles. The van der Waals surface area contributed by atoms with Crippen molar-refractivity contribution < 1.29 is 0 Å². The third kappa shape index (κ3) is 1.92. The van der Waals surface area contributed by atoms with Crippen molar-refractivity contribution in [2.75, 3.05) is 0 Å². The van der Waals surface area contributed by atoms with Crippen LogP contribution < -0.4 is 0 Å². The Kier molecular flexibility index (Phi) is 2.86. The monoisotopic (exact) mass is 151 g/mol. The Balaban J connectivity index is 2.63. The molecule has 0 aromatic carbocycles. The molecule has 0 N–H and O–H groups in total. The molecule has 0 amide bonds. The topological polar surface area (TPSA) is 12.4 Å². The molecular weight excluding hydrogens is 134 g/mol. The quantitative estimate of drug-likeness (QED) is 0.575. The molecule has 62 valence electrons. The largest absolute Gasteiger partial charge is 0.269 e. The lowest BCUT2D eigenvalue weighted by Gasteiger charge is -2.25. The standard InChI is InChI=1S/C10H17N/c1-4-9-5-6-11-7-10(9)8(2)3/h5-10H,4H2,1-3H3. The first-order valence-electron chi connectivity index (χ1n) is 4.45. The second kappa shape index (κ2) is 3.70. The predicted molar refractivity (Wildman–Crippen MR) is 49.7 cm³/mol. The predicted octanol–water partition coefficient (Wildman–Crippen LogP) is 2.88. The summed E-state index contributed by atoms with van der Waals surface area (Å²) in [5.41, 5.74) is 0. The van der Waals surface area contributed by atoms with E-state index in [-0.39, 0.29) is 0 Å². The van der Waals surface area contributed by atoms with Crippen LogP contribution in [0.25, 0.3) is 0 Å². The van der Waals surface area contributed by atoms with E-state index in [9.17, 15) is 0 Å². The van der Waals surface area contributed by atoms with Gasteiger partial charge < -0.3 is 0 Å². The van der Waals surface area contributed by atoms with Crippen molar-refractivity contribution in [2.24, 2.45) is 22.7 Å². The van der Waals surface area contributed by atoms with E-state index < -0.39 is 0 Å². The van der Waals surface area contributed by atoms with Crippen LogP contribution >= 0.6 is 0 Å². The van der Waals surface area contributed by atoms with Gasteiger partial charge >= 0.3 is 0 Å². The van der Waals surface area contributed by atoms with Gasteiger partial charge in [-0.1, -0.05) is 26.8 Å². The van der Waals surface area contributed by atoms with Gasteiger partial charge in [0.1, 0.15) is 0 Å². The summed E-state index contributed by atoms with van der Waals surface area (Å²) >= 11 is 0. The fraction of sp³-hybridized carbons (Fsp3) is 0.700. The molecule has 1 heterocycles. The van der Waals surface area contributed by atoms with E-state index in [1.807, 2.05) is 6.20 Å². The SMILES string of the molecule is CCC1C=CN=CC1C(C)C. The van der Waals surface area contributed by atoms with Crippen molar-refractivity contribution in [1.29, 1.82) is 0 Å². The highest BCUT2D eigenvalue weighted by atomic mass is 14.7. The van der Waals surface area contributed by atoms with Crippen LogP contribution in [-0.4, -0.2) is 6.21 Å². The van der Waals surface area contributed by atoms with E-state index >= 15 is 0 Å². The van der Waals surface area contributed by atoms with Crippen LogP contribution in [0.2, 0.25) is 0 Å². The third-order valence-corrected chi connectivity index (χ3v) is 2.41. The van der Waals surface area contributed by atoms with Gasteiger partial charge in [0.05, 0.1) is 0 Å². The molecule has 11 heavy (non-hydrogen) atoms. The molecule has 0 bridgehead atoms. The van der Waals surface area contributed by atoms with Gasteiger partial charge in [0.15, 0.2) is 0 Å². The van der Waals surface area contributed by atoms with Crippen molar-refractivity contribution in [3.05, 3.63) is 12.3 Å². The van der Waals surface area contributed by atoms with E-state index in [2.05, 4.69) is 38.1 Å². The van der Waals surface area contributed by atoms with Gasteiger partial charge in [-0.2, -0.15) is 0 Å². The minimum Gasteiger partial charge on any atom is -0.269 e. The summed E-state index contributed by atoms with van der Waals surface area (Å²) in [6.45, 7) is 6.76. The van der Waals surface area contributed by atoms with Gasteiger partial charge in [0, 0.05) is 18.3 Å². The van der Waals surface area contributed by atoms with Crippen LogP contribution in [0.3, 0.4) is 0 Å². The molecule has 0 fully saturated rings. The summed E-state index contributed by atoms with van der Waals surface area (Å²) in [7, 11) is 0. The van der Waals surface area contributed by atoms with Crippen molar-refractivity contribution in [3.63, 3.8) is 0 Å². The van der Waals surface area contributed by atoms with Crippen LogP contribution in [0.5, 0.6) is 0 Å². The van der Waals surface area contributed by atoms with Gasteiger partial charge in [0.2, 0.25) is 0 Å². The second-order valence-corrected chi connectivity index (χ2v) is 3.53. The Bertz CT molecular complexity index is 168. The van der Waals surface area contributed by atoms with Gasteiger partial charge in [0.25, 0.3) is 0 Å². The third-order valence-electron chi connectivity index (χ3n) is 2.41. The van der Waals surface area contributed by atoms with Gasteiger partial charge in [-0.05, 0) is 18.3 Å². The van der Waals surface area contributed by atoms with Gasteiger partial charge in [-0.25, -0.2) is 0 Å². The number of aliphatic imine (C=N–C) groups is 1. The number of rotatable bonds is 2. The number of hydrogen-bond acceptors (Lipinski definition) is 1. The molecule has 1 aliphatic heterocycles. The first-order valence-corrected chi connectivity index (χ1v) is 4.45. The molecule has 1 heteroatoms. The molecule has 1 rings (SSSR count). The molecule has 1 aliphatic rings. The normalized spacial score (nSPS) is 29.8. The average Bonchev–Trinajstić information content (AvgIpc) is 2.04. The molecule has 2 atom stereocenters. The summed E-state index contributed by atoms with van der Waals surface area (Å²) in [4.78, 5) is 4.17. The van der Waals surface area contributed by atoms with E-state index in [1.54, 1.807) is 0 Å². The molecule has 0 spiro atoms. The summed E-state index contributed by atoms with van der Waals surface area (Å²) in [5, 5.41) is 0. The second-order valence-electron chi connectivity index (χ2n) is 3.53. The van der Waals surface area contributed by atoms with Crippen LogP contribution in [0.15, 0.2) is 17.3 Å². The van der Waals surface area contributed by atoms with Crippen molar-refractivity contribution >= 4 is 6.21 Å². The van der Waals surface area contributed by atoms with E-state index in [0.29, 0.717) is 17.8 Å². The number of hydrogen-bond donors (Lipinski definition) is 0. The number of nitrogens with zero attached hydrogens (tertiary/aromatic N) is 1. The maximum atomic E-state index is 4.17. The summed E-state index contributed by atoms with van der Waals surface area (Å²) in [6.07, 6.45) is 7.47. The Morgan fingerprint density at radius 3 is 2.64 bits per heavy atom. The zero-order valence-corrected chi connectivity index (χ0v) is 7.62. The van der Waals surface area contributed by atoms with Crippen LogP contribution in [-0.2, 0) is 0 Å². The Labute approximate surface area is 69.2 Å². The molecule has 0 saturated heterocycles. The van der Waals surface area contributed by atoms with Crippen molar-refractivity contribution in [1.82, 2.24) is 0 Å². The first-order chi connectivity index (χ1) is 5.25. The minimum atomic E-state index is 0.657. The smallest absolute Gasteiger partial charge is 0.0227 e. The highest BCUT2D eigenvalue weighted by Crippen LogP contribution is 2.25. The van der Waals surface area contributed by atoms with Crippen molar-refractivity contribution in [3.8, 4) is 0 Å². The fourth-order valence-corrected chi connectivity index (χ4v) is 1.62. The highest BCUT2D eigenvalue weighted by Gasteiger charge is 2.20. The minimum absolute atomic E-state index is 0.657. The maximum Gasteiger partial charge on any atom is 0.0227 e. The molecule has 0 radical (unpaired) electrons. The Hall–Kier alpha value is -0.590. The van der Waals surface area contributed by atoms with E-state index in [1.165, 1.54) is 6.42 Å². The average molecular weight is 151 g/mol. The Morgan fingerprint density at radius 2 is 2.18 bits per heavy atom. The van der Waals surface area contributed by atoms with E-state index in [4.69, 9.17) is 0 Å².